The Bertz CT molecular complexity index is 720. The first kappa shape index (κ1) is 16.4. The molecule has 2 aromatic rings. The SMILES string of the molecule is COc1cc(C#N)cc(OC)c1-c1ccc(CCC(=O)O)cc1. The Labute approximate surface area is 134 Å². The predicted octanol–water partition coefficient (Wildman–Crippen LogP) is 3.26. The number of hydrogen-bond donors (Lipinski definition) is 1. The minimum atomic E-state index is -0.815. The Morgan fingerprint density at radius 2 is 1.70 bits per heavy atom. The maximum absolute atomic E-state index is 10.6. The van der Waals surface area contributed by atoms with Crippen molar-refractivity contribution in [1.29, 1.82) is 5.26 Å². The van der Waals surface area contributed by atoms with Crippen LogP contribution in [-0.2, 0) is 11.2 Å². The summed E-state index contributed by atoms with van der Waals surface area (Å²) in [6.45, 7) is 0. The topological polar surface area (TPSA) is 79.5 Å². The zero-order chi connectivity index (χ0) is 16.8. The van der Waals surface area contributed by atoms with Crippen molar-refractivity contribution in [2.24, 2.45) is 0 Å². The van der Waals surface area contributed by atoms with Gasteiger partial charge in [-0.1, -0.05) is 24.3 Å². The van der Waals surface area contributed by atoms with Crippen LogP contribution in [0.3, 0.4) is 0 Å². The summed E-state index contributed by atoms with van der Waals surface area (Å²) in [5.74, 6) is 0.294. The number of aryl methyl sites for hydroxylation is 1. The molecule has 0 unspecified atom stereocenters. The van der Waals surface area contributed by atoms with E-state index in [-0.39, 0.29) is 6.42 Å². The highest BCUT2D eigenvalue weighted by Crippen LogP contribution is 2.39. The lowest BCUT2D eigenvalue weighted by molar-refractivity contribution is -0.136. The molecule has 0 spiro atoms. The van der Waals surface area contributed by atoms with Crippen LogP contribution in [-0.4, -0.2) is 25.3 Å². The lowest BCUT2D eigenvalue weighted by atomic mass is 9.99. The lowest BCUT2D eigenvalue weighted by Gasteiger charge is -2.14. The molecule has 118 valence electrons. The van der Waals surface area contributed by atoms with Gasteiger partial charge in [0.15, 0.2) is 0 Å². The van der Waals surface area contributed by atoms with Crippen LogP contribution < -0.4 is 9.47 Å². The van der Waals surface area contributed by atoms with Crippen molar-refractivity contribution in [3.63, 3.8) is 0 Å². The van der Waals surface area contributed by atoms with Gasteiger partial charge in [0.25, 0.3) is 0 Å². The van der Waals surface area contributed by atoms with Crippen LogP contribution in [0, 0.1) is 11.3 Å². The summed E-state index contributed by atoms with van der Waals surface area (Å²) < 4.78 is 10.8. The number of nitrogens with zero attached hydrogens (tertiary/aromatic N) is 1. The molecule has 0 aliphatic rings. The maximum Gasteiger partial charge on any atom is 0.303 e. The monoisotopic (exact) mass is 311 g/mol. The van der Waals surface area contributed by atoms with E-state index in [1.165, 1.54) is 0 Å². The summed E-state index contributed by atoms with van der Waals surface area (Å²) in [7, 11) is 3.08. The number of carboxylic acid groups (broad SMARTS) is 1. The van der Waals surface area contributed by atoms with Gasteiger partial charge in [-0.05, 0) is 29.7 Å². The second-order valence-corrected chi connectivity index (χ2v) is 4.96. The standard InChI is InChI=1S/C18H17NO4/c1-22-15-9-13(11-19)10-16(23-2)18(15)14-6-3-12(4-7-14)5-8-17(20)21/h3-4,6-7,9-10H,5,8H2,1-2H3,(H,20,21). The first-order valence-corrected chi connectivity index (χ1v) is 7.06. The van der Waals surface area contributed by atoms with Crippen molar-refractivity contribution in [3.8, 4) is 28.7 Å². The molecule has 0 saturated carbocycles. The molecule has 0 fully saturated rings. The lowest BCUT2D eigenvalue weighted by Crippen LogP contribution is -1.98. The molecule has 0 atom stereocenters. The second kappa shape index (κ2) is 7.32. The van der Waals surface area contributed by atoms with Crippen LogP contribution in [0.4, 0.5) is 0 Å². The maximum atomic E-state index is 10.6. The van der Waals surface area contributed by atoms with Crippen LogP contribution >= 0.6 is 0 Å². The number of benzene rings is 2. The molecule has 5 nitrogen and oxygen atoms in total. The molecular formula is C18H17NO4. The third kappa shape index (κ3) is 3.80. The Hall–Kier alpha value is -3.00. The number of nitriles is 1. The van der Waals surface area contributed by atoms with Gasteiger partial charge in [0.2, 0.25) is 0 Å². The van der Waals surface area contributed by atoms with E-state index in [0.717, 1.165) is 16.7 Å². The summed E-state index contributed by atoms with van der Waals surface area (Å²) in [6.07, 6.45) is 0.583. The molecule has 23 heavy (non-hydrogen) atoms. The van der Waals surface area contributed by atoms with E-state index < -0.39 is 5.97 Å². The Morgan fingerprint density at radius 1 is 1.13 bits per heavy atom. The average Bonchev–Trinajstić information content (AvgIpc) is 2.59. The molecule has 1 N–H and O–H groups in total. The van der Waals surface area contributed by atoms with Crippen molar-refractivity contribution in [3.05, 3.63) is 47.5 Å². The number of hydrogen-bond acceptors (Lipinski definition) is 4. The normalized spacial score (nSPS) is 9.96. The van der Waals surface area contributed by atoms with Crippen molar-refractivity contribution in [2.45, 2.75) is 12.8 Å². The quantitative estimate of drug-likeness (QED) is 0.885. The molecule has 0 saturated heterocycles. The third-order valence-electron chi connectivity index (χ3n) is 3.51. The smallest absolute Gasteiger partial charge is 0.303 e. The van der Waals surface area contributed by atoms with Gasteiger partial charge < -0.3 is 14.6 Å². The van der Waals surface area contributed by atoms with Crippen LogP contribution in [0.1, 0.15) is 17.5 Å². The molecule has 0 radical (unpaired) electrons. The van der Waals surface area contributed by atoms with Crippen LogP contribution in [0.5, 0.6) is 11.5 Å². The third-order valence-corrected chi connectivity index (χ3v) is 3.51. The number of carboxylic acids is 1. The highest BCUT2D eigenvalue weighted by atomic mass is 16.5. The number of ether oxygens (including phenoxy) is 2. The summed E-state index contributed by atoms with van der Waals surface area (Å²) in [5.41, 5.74) is 3.05. The van der Waals surface area contributed by atoms with Gasteiger partial charge >= 0.3 is 5.97 Å². The molecule has 0 amide bonds. The molecular weight excluding hydrogens is 294 g/mol. The van der Waals surface area contributed by atoms with Gasteiger partial charge in [-0.15, -0.1) is 0 Å². The molecule has 0 aliphatic heterocycles. The molecule has 0 bridgehead atoms. The van der Waals surface area contributed by atoms with E-state index in [1.807, 2.05) is 24.3 Å². The molecule has 0 heterocycles. The molecule has 0 aromatic heterocycles. The summed E-state index contributed by atoms with van der Waals surface area (Å²) in [6, 6.07) is 13.0. The van der Waals surface area contributed by atoms with Gasteiger partial charge in [-0.25, -0.2) is 0 Å². The minimum absolute atomic E-state index is 0.100. The van der Waals surface area contributed by atoms with E-state index in [9.17, 15) is 4.79 Å². The minimum Gasteiger partial charge on any atom is -0.496 e. The fourth-order valence-electron chi connectivity index (χ4n) is 2.35. The molecule has 2 aromatic carbocycles. The summed E-state index contributed by atoms with van der Waals surface area (Å²) in [5, 5.41) is 17.8. The largest absolute Gasteiger partial charge is 0.496 e. The Kier molecular flexibility index (Phi) is 5.21. The number of aliphatic carboxylic acids is 1. The molecule has 5 heteroatoms. The number of carbonyl (C=O) groups is 1. The van der Waals surface area contributed by atoms with E-state index in [1.54, 1.807) is 26.4 Å². The number of rotatable bonds is 6. The first-order chi connectivity index (χ1) is 11.1. The van der Waals surface area contributed by atoms with Gasteiger partial charge in [0.05, 0.1) is 31.4 Å². The Balaban J connectivity index is 2.41. The van der Waals surface area contributed by atoms with E-state index in [2.05, 4.69) is 6.07 Å². The fraction of sp³-hybridized carbons (Fsp3) is 0.222. The average molecular weight is 311 g/mol. The zero-order valence-electron chi connectivity index (χ0n) is 13.0. The summed E-state index contributed by atoms with van der Waals surface area (Å²) >= 11 is 0. The van der Waals surface area contributed by atoms with Crippen LogP contribution in [0.25, 0.3) is 11.1 Å². The van der Waals surface area contributed by atoms with E-state index in [4.69, 9.17) is 19.8 Å². The van der Waals surface area contributed by atoms with Crippen molar-refractivity contribution in [2.75, 3.05) is 14.2 Å². The number of methoxy groups -OCH3 is 2. The van der Waals surface area contributed by atoms with Crippen LogP contribution in [0.2, 0.25) is 0 Å². The first-order valence-electron chi connectivity index (χ1n) is 7.06. The fourth-order valence-corrected chi connectivity index (χ4v) is 2.35. The van der Waals surface area contributed by atoms with E-state index >= 15 is 0 Å². The van der Waals surface area contributed by atoms with Crippen molar-refractivity contribution < 1.29 is 19.4 Å². The van der Waals surface area contributed by atoms with Gasteiger partial charge in [0.1, 0.15) is 11.5 Å². The highest BCUT2D eigenvalue weighted by molar-refractivity contribution is 5.78. The molecule has 0 aliphatic carbocycles. The predicted molar refractivity (Wildman–Crippen MR) is 85.7 cm³/mol. The van der Waals surface area contributed by atoms with E-state index in [0.29, 0.717) is 23.5 Å². The Morgan fingerprint density at radius 3 is 2.13 bits per heavy atom. The second-order valence-electron chi connectivity index (χ2n) is 4.96. The highest BCUT2D eigenvalue weighted by Gasteiger charge is 2.14. The summed E-state index contributed by atoms with van der Waals surface area (Å²) in [4.78, 5) is 10.6. The van der Waals surface area contributed by atoms with Crippen molar-refractivity contribution in [1.82, 2.24) is 0 Å². The van der Waals surface area contributed by atoms with Gasteiger partial charge in [-0.3, -0.25) is 4.79 Å². The van der Waals surface area contributed by atoms with Gasteiger partial charge in [-0.2, -0.15) is 5.26 Å². The van der Waals surface area contributed by atoms with Crippen molar-refractivity contribution >= 4 is 5.97 Å². The zero-order valence-corrected chi connectivity index (χ0v) is 13.0. The molecule has 2 rings (SSSR count). The van der Waals surface area contributed by atoms with Gasteiger partial charge in [0, 0.05) is 6.42 Å². The van der Waals surface area contributed by atoms with Crippen LogP contribution in [0.15, 0.2) is 36.4 Å².